The van der Waals surface area contributed by atoms with Gasteiger partial charge in [0.25, 0.3) is 0 Å². The normalized spacial score (nSPS) is 11.2. The highest BCUT2D eigenvalue weighted by Crippen LogP contribution is 2.26. The molecule has 0 bridgehead atoms. The third kappa shape index (κ3) is 5.22. The first kappa shape index (κ1) is 19.3. The van der Waals surface area contributed by atoms with Crippen molar-refractivity contribution in [2.24, 2.45) is 5.14 Å². The molecule has 134 valence electrons. The Morgan fingerprint density at radius 2 is 1.88 bits per heavy atom. The molecule has 0 heterocycles. The summed E-state index contributed by atoms with van der Waals surface area (Å²) in [6.45, 7) is 4.05. The lowest BCUT2D eigenvalue weighted by Crippen LogP contribution is -2.16. The zero-order valence-electron chi connectivity index (χ0n) is 14.2. The summed E-state index contributed by atoms with van der Waals surface area (Å²) < 4.78 is 28.2. The van der Waals surface area contributed by atoms with Gasteiger partial charge in [-0.1, -0.05) is 6.07 Å². The van der Waals surface area contributed by atoms with Crippen molar-refractivity contribution in [1.82, 2.24) is 0 Å². The van der Waals surface area contributed by atoms with Crippen LogP contribution in [0, 0.1) is 13.8 Å². The number of aryl methyl sites for hydroxylation is 2. The fraction of sp³-hybridized carbons (Fsp3) is 0.235. The van der Waals surface area contributed by atoms with Gasteiger partial charge in [-0.05, 0) is 55.3 Å². The Hall–Kier alpha value is -2.03. The Morgan fingerprint density at radius 1 is 1.16 bits per heavy atom. The van der Waals surface area contributed by atoms with Crippen LogP contribution in [0.3, 0.4) is 0 Å². The Morgan fingerprint density at radius 3 is 2.48 bits per heavy atom. The Labute approximate surface area is 151 Å². The van der Waals surface area contributed by atoms with Gasteiger partial charge in [0.15, 0.2) is 0 Å². The number of methoxy groups -OCH3 is 1. The van der Waals surface area contributed by atoms with Crippen LogP contribution in [-0.2, 0) is 14.8 Å². The summed E-state index contributed by atoms with van der Waals surface area (Å²) in [5, 5.41) is 7.84. The van der Waals surface area contributed by atoms with Crippen LogP contribution in [0.15, 0.2) is 46.2 Å². The number of carbonyl (C=O) groups excluding carboxylic acids is 1. The lowest BCUT2D eigenvalue weighted by Gasteiger charge is -2.10. The third-order valence-corrected chi connectivity index (χ3v) is 5.53. The summed E-state index contributed by atoms with van der Waals surface area (Å²) in [5.74, 6) is 0.0953. The molecule has 1 amide bonds. The lowest BCUT2D eigenvalue weighted by molar-refractivity contribution is -0.113. The van der Waals surface area contributed by atoms with Gasteiger partial charge in [-0.25, -0.2) is 13.6 Å². The molecule has 0 unspecified atom stereocenters. The van der Waals surface area contributed by atoms with Gasteiger partial charge in [0.2, 0.25) is 15.9 Å². The van der Waals surface area contributed by atoms with Crippen molar-refractivity contribution >= 4 is 33.4 Å². The summed E-state index contributed by atoms with van der Waals surface area (Å²) in [4.78, 5) is 12.9. The number of sulfonamides is 1. The van der Waals surface area contributed by atoms with E-state index in [0.717, 1.165) is 4.90 Å². The molecule has 0 aliphatic heterocycles. The number of rotatable bonds is 6. The maximum Gasteiger partial charge on any atom is 0.241 e. The number of primary sulfonamides is 1. The van der Waals surface area contributed by atoms with Crippen LogP contribution in [-0.4, -0.2) is 27.2 Å². The van der Waals surface area contributed by atoms with Gasteiger partial charge in [0.1, 0.15) is 10.6 Å². The minimum absolute atomic E-state index is 0.130. The fourth-order valence-electron chi connectivity index (χ4n) is 2.13. The average Bonchev–Trinajstić information content (AvgIpc) is 2.55. The molecule has 0 saturated heterocycles. The molecular formula is C17H20N2O4S2. The topological polar surface area (TPSA) is 98.5 Å². The van der Waals surface area contributed by atoms with Crippen LogP contribution in [0.25, 0.3) is 0 Å². The highest BCUT2D eigenvalue weighted by molar-refractivity contribution is 8.00. The summed E-state index contributed by atoms with van der Waals surface area (Å²) in [6.07, 6.45) is 0. The van der Waals surface area contributed by atoms with Crippen LogP contribution >= 0.6 is 11.8 Å². The summed E-state index contributed by atoms with van der Waals surface area (Å²) in [6, 6.07) is 10.3. The van der Waals surface area contributed by atoms with Crippen LogP contribution in [0.2, 0.25) is 0 Å². The summed E-state index contributed by atoms with van der Waals surface area (Å²) in [7, 11) is -2.60. The average molecular weight is 380 g/mol. The van der Waals surface area contributed by atoms with E-state index in [1.165, 1.54) is 42.1 Å². The summed E-state index contributed by atoms with van der Waals surface area (Å²) >= 11 is 1.41. The second-order valence-electron chi connectivity index (χ2n) is 5.49. The number of hydrogen-bond donors (Lipinski definition) is 2. The van der Waals surface area contributed by atoms with Gasteiger partial charge >= 0.3 is 0 Å². The van der Waals surface area contributed by atoms with Crippen LogP contribution in [0.5, 0.6) is 5.75 Å². The van der Waals surface area contributed by atoms with E-state index in [2.05, 4.69) is 5.32 Å². The smallest absolute Gasteiger partial charge is 0.241 e. The molecule has 0 aliphatic rings. The van der Waals surface area contributed by atoms with Crippen molar-refractivity contribution in [3.05, 3.63) is 47.5 Å². The molecule has 8 heteroatoms. The number of nitrogens with one attached hydrogen (secondary N) is 1. The monoisotopic (exact) mass is 380 g/mol. The van der Waals surface area contributed by atoms with Crippen LogP contribution < -0.4 is 15.2 Å². The van der Waals surface area contributed by atoms with Crippen molar-refractivity contribution < 1.29 is 17.9 Å². The van der Waals surface area contributed by atoms with Gasteiger partial charge in [-0.3, -0.25) is 4.79 Å². The number of anilines is 1. The number of amides is 1. The molecule has 2 aromatic carbocycles. The molecule has 2 rings (SSSR count). The zero-order valence-corrected chi connectivity index (χ0v) is 15.8. The predicted molar refractivity (Wildman–Crippen MR) is 99.6 cm³/mol. The lowest BCUT2D eigenvalue weighted by atomic mass is 10.1. The first-order valence-corrected chi connectivity index (χ1v) is 9.94. The minimum atomic E-state index is -3.95. The number of benzene rings is 2. The Kier molecular flexibility index (Phi) is 6.10. The maximum absolute atomic E-state index is 12.1. The molecule has 0 atom stereocenters. The van der Waals surface area contributed by atoms with Gasteiger partial charge in [0.05, 0.1) is 12.9 Å². The van der Waals surface area contributed by atoms with Crippen molar-refractivity contribution in [2.75, 3.05) is 18.2 Å². The quantitative estimate of drug-likeness (QED) is 0.751. The SMILES string of the molecule is COc1ccc(NC(=O)CSc2ccc(C)c(C)c2)cc1S(N)(=O)=O. The van der Waals surface area contributed by atoms with Crippen LogP contribution in [0.4, 0.5) is 5.69 Å². The van der Waals surface area contributed by atoms with E-state index in [4.69, 9.17) is 9.88 Å². The van der Waals surface area contributed by atoms with Crippen LogP contribution in [0.1, 0.15) is 11.1 Å². The zero-order chi connectivity index (χ0) is 18.6. The van der Waals surface area contributed by atoms with Crippen molar-refractivity contribution in [2.45, 2.75) is 23.6 Å². The second kappa shape index (κ2) is 7.90. The van der Waals surface area contributed by atoms with Gasteiger partial charge in [-0.15, -0.1) is 11.8 Å². The number of hydrogen-bond acceptors (Lipinski definition) is 5. The number of carbonyl (C=O) groups is 1. The van der Waals surface area contributed by atoms with Gasteiger partial charge < -0.3 is 10.1 Å². The standard InChI is InChI=1S/C17H20N2O4S2/c1-11-4-6-14(8-12(11)2)24-10-17(20)19-13-5-7-15(23-3)16(9-13)25(18,21)22/h4-9H,10H2,1-3H3,(H,19,20)(H2,18,21,22). The molecule has 3 N–H and O–H groups in total. The van der Waals surface area contributed by atoms with E-state index in [1.54, 1.807) is 6.07 Å². The van der Waals surface area contributed by atoms with Gasteiger partial charge in [0, 0.05) is 10.6 Å². The molecule has 0 saturated carbocycles. The first-order chi connectivity index (χ1) is 11.7. The first-order valence-electron chi connectivity index (χ1n) is 7.41. The largest absolute Gasteiger partial charge is 0.495 e. The molecule has 6 nitrogen and oxygen atoms in total. The Bertz CT molecular complexity index is 896. The minimum Gasteiger partial charge on any atom is -0.495 e. The molecular weight excluding hydrogens is 360 g/mol. The van der Waals surface area contributed by atoms with E-state index in [-0.39, 0.29) is 22.3 Å². The highest BCUT2D eigenvalue weighted by atomic mass is 32.2. The highest BCUT2D eigenvalue weighted by Gasteiger charge is 2.16. The molecule has 2 aromatic rings. The van der Waals surface area contributed by atoms with E-state index in [9.17, 15) is 13.2 Å². The molecule has 0 aliphatic carbocycles. The molecule has 25 heavy (non-hydrogen) atoms. The van der Waals surface area contributed by atoms with Crippen molar-refractivity contribution in [1.29, 1.82) is 0 Å². The summed E-state index contributed by atoms with van der Waals surface area (Å²) in [5.41, 5.74) is 2.71. The molecule has 0 fully saturated rings. The molecule has 0 aromatic heterocycles. The van der Waals surface area contributed by atoms with E-state index in [0.29, 0.717) is 5.69 Å². The molecule has 0 spiro atoms. The maximum atomic E-state index is 12.1. The Balaban J connectivity index is 2.06. The molecule has 0 radical (unpaired) electrons. The van der Waals surface area contributed by atoms with E-state index < -0.39 is 10.0 Å². The predicted octanol–water partition coefficient (Wildman–Crippen LogP) is 2.69. The van der Waals surface area contributed by atoms with E-state index in [1.807, 2.05) is 32.0 Å². The third-order valence-electron chi connectivity index (χ3n) is 3.60. The fourth-order valence-corrected chi connectivity index (χ4v) is 3.64. The number of nitrogens with two attached hydrogens (primary N) is 1. The number of ether oxygens (including phenoxy) is 1. The number of thioether (sulfide) groups is 1. The second-order valence-corrected chi connectivity index (χ2v) is 8.07. The van der Waals surface area contributed by atoms with E-state index >= 15 is 0 Å². The van der Waals surface area contributed by atoms with Gasteiger partial charge in [-0.2, -0.15) is 0 Å². The van der Waals surface area contributed by atoms with Crippen molar-refractivity contribution in [3.63, 3.8) is 0 Å². The van der Waals surface area contributed by atoms with Crippen molar-refractivity contribution in [3.8, 4) is 5.75 Å².